The van der Waals surface area contributed by atoms with Gasteiger partial charge in [-0.3, -0.25) is 4.79 Å². The van der Waals surface area contributed by atoms with E-state index in [4.69, 9.17) is 9.47 Å². The van der Waals surface area contributed by atoms with E-state index in [0.29, 0.717) is 18.8 Å². The number of hydroxylamine groups is 2. The van der Waals surface area contributed by atoms with Crippen LogP contribution in [0.25, 0.3) is 0 Å². The van der Waals surface area contributed by atoms with E-state index >= 15 is 0 Å². The smallest absolute Gasteiger partial charge is 0.309 e. The van der Waals surface area contributed by atoms with Crippen LogP contribution >= 0.6 is 22.6 Å². The highest BCUT2D eigenvalue weighted by Gasteiger charge is 2.52. The summed E-state index contributed by atoms with van der Waals surface area (Å²) < 4.78 is 11.5. The Hall–Kier alpha value is 0.0400. The topological polar surface area (TPSA) is 79.2 Å². The molecule has 0 aromatic carbocycles. The van der Waals surface area contributed by atoms with E-state index < -0.39 is 17.4 Å². The van der Waals surface area contributed by atoms with Gasteiger partial charge in [0.25, 0.3) is 0 Å². The summed E-state index contributed by atoms with van der Waals surface area (Å²) in [6.45, 7) is 11.8. The van der Waals surface area contributed by atoms with Crippen molar-refractivity contribution in [1.29, 1.82) is 0 Å². The molecule has 5 atom stereocenters. The number of aliphatic hydroxyl groups excluding tert-OH is 1. The summed E-state index contributed by atoms with van der Waals surface area (Å²) >= 11 is 2.20. The largest absolute Gasteiger partial charge is 0.462 e. The fourth-order valence-electron chi connectivity index (χ4n) is 5.52. The van der Waals surface area contributed by atoms with E-state index in [1.165, 1.54) is 5.06 Å². The third kappa shape index (κ3) is 4.53. The monoisotopic (exact) mass is 509 g/mol. The van der Waals surface area contributed by atoms with Gasteiger partial charge in [-0.25, -0.2) is 0 Å². The lowest BCUT2D eigenvalue weighted by Gasteiger charge is -2.51. The Bertz CT molecular complexity index is 584. The van der Waals surface area contributed by atoms with Crippen molar-refractivity contribution in [2.75, 3.05) is 0 Å². The molecule has 2 N–H and O–H groups in total. The first-order valence-electron chi connectivity index (χ1n) is 10.4. The van der Waals surface area contributed by atoms with Crippen LogP contribution in [0.1, 0.15) is 73.6 Å². The summed E-state index contributed by atoms with van der Waals surface area (Å²) in [5, 5.41) is 22.1. The highest BCUT2D eigenvalue weighted by molar-refractivity contribution is 14.1. The zero-order chi connectivity index (χ0) is 21.1. The lowest BCUT2D eigenvalue weighted by Crippen LogP contribution is -2.60. The van der Waals surface area contributed by atoms with Crippen LogP contribution in [0.3, 0.4) is 0 Å². The molecule has 0 amide bonds. The van der Waals surface area contributed by atoms with Crippen molar-refractivity contribution in [2.45, 2.75) is 107 Å². The zero-order valence-corrected chi connectivity index (χ0v) is 20.1. The maximum Gasteiger partial charge on any atom is 0.309 e. The number of hydrogen-bond donors (Lipinski definition) is 2. The van der Waals surface area contributed by atoms with Crippen molar-refractivity contribution in [1.82, 2.24) is 5.06 Å². The van der Waals surface area contributed by atoms with Crippen LogP contribution < -0.4 is 0 Å². The summed E-state index contributed by atoms with van der Waals surface area (Å²) in [4.78, 5) is 12.9. The number of fused-ring (bicyclic) bond motifs is 2. The number of carbonyl (C=O) groups excluding carboxylic acids is 1. The number of nitrogens with zero attached hydrogens (tertiary/aromatic N) is 1. The molecule has 5 unspecified atom stereocenters. The Balaban J connectivity index is 1.55. The molecule has 1 saturated heterocycles. The number of carbonyl (C=O) groups is 1. The Morgan fingerprint density at radius 1 is 1.11 bits per heavy atom. The predicted molar refractivity (Wildman–Crippen MR) is 114 cm³/mol. The van der Waals surface area contributed by atoms with E-state index in [0.717, 1.165) is 19.3 Å². The van der Waals surface area contributed by atoms with Gasteiger partial charge in [0.15, 0.2) is 6.29 Å². The Kier molecular flexibility index (Phi) is 6.19. The Morgan fingerprint density at radius 3 is 2.14 bits per heavy atom. The molecule has 2 saturated carbocycles. The standard InChI is InChI=1S/C21H36INO5/c1-19(2)10-14(11-20(3,4)23(19)26)27-17(24)15-8-13-7-12(15)9-16(13)28-18(25)21(5,6)22/h12-16,18,25-26H,7-11H2,1-6H3. The van der Waals surface area contributed by atoms with E-state index in [1.54, 1.807) is 0 Å². The lowest BCUT2D eigenvalue weighted by atomic mass is 9.80. The second-order valence-electron chi connectivity index (χ2n) is 10.8. The molecule has 3 rings (SSSR count). The fraction of sp³-hybridized carbons (Fsp3) is 0.952. The molecule has 1 heterocycles. The van der Waals surface area contributed by atoms with Gasteiger partial charge in [0.1, 0.15) is 6.10 Å². The normalized spacial score (nSPS) is 36.5. The molecular weight excluding hydrogens is 473 g/mol. The molecule has 3 aliphatic rings. The van der Waals surface area contributed by atoms with Gasteiger partial charge >= 0.3 is 5.97 Å². The molecule has 3 fully saturated rings. The van der Waals surface area contributed by atoms with Gasteiger partial charge < -0.3 is 19.8 Å². The van der Waals surface area contributed by atoms with Gasteiger partial charge in [-0.15, -0.1) is 0 Å². The van der Waals surface area contributed by atoms with Crippen LogP contribution in [0, 0.1) is 17.8 Å². The fourth-order valence-corrected chi connectivity index (χ4v) is 5.67. The van der Waals surface area contributed by atoms with Crippen molar-refractivity contribution in [3.05, 3.63) is 0 Å². The number of esters is 1. The minimum atomic E-state index is -0.795. The molecule has 0 radical (unpaired) electrons. The summed E-state index contributed by atoms with van der Waals surface area (Å²) in [7, 11) is 0. The lowest BCUT2D eigenvalue weighted by molar-refractivity contribution is -0.260. The van der Waals surface area contributed by atoms with Crippen molar-refractivity contribution >= 4 is 28.6 Å². The molecule has 2 aliphatic carbocycles. The maximum atomic E-state index is 12.9. The molecule has 2 bridgehead atoms. The van der Waals surface area contributed by atoms with Crippen molar-refractivity contribution in [3.63, 3.8) is 0 Å². The number of halogens is 1. The Labute approximate surface area is 182 Å². The van der Waals surface area contributed by atoms with Crippen molar-refractivity contribution in [2.24, 2.45) is 17.8 Å². The van der Waals surface area contributed by atoms with Crippen LogP contribution in [0.4, 0.5) is 0 Å². The zero-order valence-electron chi connectivity index (χ0n) is 17.9. The SMILES string of the molecule is CC(C)(I)C(O)OC1CC2CC1CC2C(=O)OC1CC(C)(C)N(O)C(C)(C)C1. The highest BCUT2D eigenvalue weighted by Crippen LogP contribution is 2.51. The summed E-state index contributed by atoms with van der Waals surface area (Å²) in [5.41, 5.74) is -0.856. The maximum absolute atomic E-state index is 12.9. The van der Waals surface area contributed by atoms with Crippen molar-refractivity contribution < 1.29 is 24.6 Å². The van der Waals surface area contributed by atoms with E-state index in [9.17, 15) is 15.1 Å². The number of piperidine rings is 1. The molecule has 162 valence electrons. The van der Waals surface area contributed by atoms with Gasteiger partial charge in [-0.05, 0) is 72.6 Å². The second kappa shape index (κ2) is 7.62. The van der Waals surface area contributed by atoms with Crippen LogP contribution in [-0.4, -0.2) is 54.3 Å². The van der Waals surface area contributed by atoms with Crippen LogP contribution in [0.2, 0.25) is 0 Å². The molecule has 0 spiro atoms. The van der Waals surface area contributed by atoms with Crippen LogP contribution in [0.5, 0.6) is 0 Å². The molecule has 7 heteroatoms. The van der Waals surface area contributed by atoms with E-state index in [1.807, 2.05) is 41.5 Å². The first-order valence-corrected chi connectivity index (χ1v) is 11.5. The second-order valence-corrected chi connectivity index (χ2v) is 13.6. The summed E-state index contributed by atoms with van der Waals surface area (Å²) in [6.07, 6.45) is 2.90. The predicted octanol–water partition coefficient (Wildman–Crippen LogP) is 3.90. The summed E-state index contributed by atoms with van der Waals surface area (Å²) in [6, 6.07) is 0. The van der Waals surface area contributed by atoms with Gasteiger partial charge in [-0.2, -0.15) is 5.06 Å². The van der Waals surface area contributed by atoms with Gasteiger partial charge in [0.2, 0.25) is 0 Å². The number of rotatable bonds is 5. The van der Waals surface area contributed by atoms with Gasteiger partial charge in [-0.1, -0.05) is 22.6 Å². The van der Waals surface area contributed by atoms with Gasteiger partial charge in [0, 0.05) is 23.9 Å². The molecule has 28 heavy (non-hydrogen) atoms. The quantitative estimate of drug-likeness (QED) is 0.253. The molecule has 0 aromatic heterocycles. The highest BCUT2D eigenvalue weighted by atomic mass is 127. The van der Waals surface area contributed by atoms with Crippen molar-refractivity contribution in [3.8, 4) is 0 Å². The Morgan fingerprint density at radius 2 is 1.68 bits per heavy atom. The first-order chi connectivity index (χ1) is 12.7. The average molecular weight is 509 g/mol. The third-order valence-corrected chi connectivity index (χ3v) is 7.40. The third-order valence-electron chi connectivity index (χ3n) is 6.87. The van der Waals surface area contributed by atoms with E-state index in [-0.39, 0.29) is 33.4 Å². The minimum Gasteiger partial charge on any atom is -0.462 e. The molecule has 6 nitrogen and oxygen atoms in total. The molecular formula is C21H36INO5. The molecule has 0 aromatic rings. The summed E-state index contributed by atoms with van der Waals surface area (Å²) in [5.74, 6) is 0.450. The van der Waals surface area contributed by atoms with Crippen LogP contribution in [0.15, 0.2) is 0 Å². The molecule has 1 aliphatic heterocycles. The van der Waals surface area contributed by atoms with Gasteiger partial charge in [0.05, 0.1) is 15.4 Å². The first kappa shape index (κ1) is 22.7. The number of ether oxygens (including phenoxy) is 2. The number of alkyl halides is 1. The number of hydrogen-bond acceptors (Lipinski definition) is 6. The minimum absolute atomic E-state index is 0.0357. The average Bonchev–Trinajstić information content (AvgIpc) is 3.11. The number of aliphatic hydroxyl groups is 1. The van der Waals surface area contributed by atoms with E-state index in [2.05, 4.69) is 22.6 Å². The van der Waals surface area contributed by atoms with Crippen LogP contribution in [-0.2, 0) is 14.3 Å².